The third kappa shape index (κ3) is 6.10. The molecule has 0 aliphatic heterocycles. The number of carbonyl (C=O) groups excluding carboxylic acids is 2. The first-order valence-electron chi connectivity index (χ1n) is 5.56. The molecule has 94 valence electrons. The van der Waals surface area contributed by atoms with Crippen LogP contribution in [0.5, 0.6) is 0 Å². The van der Waals surface area contributed by atoms with Gasteiger partial charge in [-0.05, 0) is 26.7 Å². The molecule has 0 saturated carbocycles. The molecule has 0 saturated heterocycles. The van der Waals surface area contributed by atoms with Crippen LogP contribution < -0.4 is 0 Å². The van der Waals surface area contributed by atoms with Gasteiger partial charge in [-0.15, -0.1) is 0 Å². The molecular weight excluding hydrogens is 276 g/mol. The second kappa shape index (κ2) is 9.63. The van der Waals surface area contributed by atoms with Crippen molar-refractivity contribution in [2.45, 2.75) is 33.1 Å². The number of halogens is 1. The van der Waals surface area contributed by atoms with Crippen LogP contribution in [0.25, 0.3) is 0 Å². The molecule has 0 aromatic heterocycles. The second-order valence-corrected chi connectivity index (χ2v) is 4.03. The summed E-state index contributed by atoms with van der Waals surface area (Å²) in [6, 6.07) is 0. The quantitative estimate of drug-likeness (QED) is 0.298. The number of esters is 2. The second-order valence-electron chi connectivity index (χ2n) is 3.24. The van der Waals surface area contributed by atoms with Gasteiger partial charge in [-0.2, -0.15) is 0 Å². The smallest absolute Gasteiger partial charge is 0.320 e. The van der Waals surface area contributed by atoms with E-state index in [0.29, 0.717) is 6.42 Å². The van der Waals surface area contributed by atoms with E-state index in [-0.39, 0.29) is 13.2 Å². The van der Waals surface area contributed by atoms with Gasteiger partial charge in [0.15, 0.2) is 5.92 Å². The molecule has 4 nitrogen and oxygen atoms in total. The normalized spacial score (nSPS) is 10.2. The molecule has 0 heterocycles. The summed E-state index contributed by atoms with van der Waals surface area (Å²) in [4.78, 5) is 23.0. The van der Waals surface area contributed by atoms with Gasteiger partial charge in [-0.1, -0.05) is 22.4 Å². The van der Waals surface area contributed by atoms with E-state index in [2.05, 4.69) is 15.9 Å². The predicted molar refractivity (Wildman–Crippen MR) is 64.4 cm³/mol. The third-order valence-electron chi connectivity index (χ3n) is 2.02. The lowest BCUT2D eigenvalue weighted by molar-refractivity contribution is -0.161. The summed E-state index contributed by atoms with van der Waals surface area (Å²) in [5.74, 6) is -1.72. The van der Waals surface area contributed by atoms with Crippen LogP contribution in [-0.2, 0) is 19.1 Å². The summed E-state index contributed by atoms with van der Waals surface area (Å²) in [6.07, 6.45) is 2.21. The lowest BCUT2D eigenvalue weighted by atomic mass is 10.0. The SMILES string of the molecule is CCOC(=O)C(CCCCBr)C(=O)OCC. The predicted octanol–water partition coefficient (Wildman–Crippen LogP) is 2.29. The zero-order valence-corrected chi connectivity index (χ0v) is 11.4. The highest BCUT2D eigenvalue weighted by atomic mass is 79.9. The summed E-state index contributed by atoms with van der Waals surface area (Å²) in [5.41, 5.74) is 0. The van der Waals surface area contributed by atoms with E-state index in [1.807, 2.05) is 0 Å². The number of hydrogen-bond acceptors (Lipinski definition) is 4. The molecule has 0 aromatic rings. The van der Waals surface area contributed by atoms with E-state index in [0.717, 1.165) is 18.2 Å². The van der Waals surface area contributed by atoms with Gasteiger partial charge in [0.1, 0.15) is 0 Å². The minimum Gasteiger partial charge on any atom is -0.465 e. The largest absolute Gasteiger partial charge is 0.465 e. The number of alkyl halides is 1. The molecule has 0 spiro atoms. The molecule has 0 amide bonds. The van der Waals surface area contributed by atoms with Gasteiger partial charge < -0.3 is 9.47 Å². The van der Waals surface area contributed by atoms with Crippen molar-refractivity contribution in [1.29, 1.82) is 0 Å². The lowest BCUT2D eigenvalue weighted by Gasteiger charge is -2.13. The van der Waals surface area contributed by atoms with Crippen molar-refractivity contribution in [2.75, 3.05) is 18.5 Å². The first-order valence-corrected chi connectivity index (χ1v) is 6.68. The van der Waals surface area contributed by atoms with Gasteiger partial charge in [-0.3, -0.25) is 9.59 Å². The van der Waals surface area contributed by atoms with Crippen molar-refractivity contribution >= 4 is 27.9 Å². The summed E-state index contributed by atoms with van der Waals surface area (Å²) in [7, 11) is 0. The van der Waals surface area contributed by atoms with E-state index in [4.69, 9.17) is 9.47 Å². The maximum Gasteiger partial charge on any atom is 0.320 e. The van der Waals surface area contributed by atoms with Gasteiger partial charge in [0.25, 0.3) is 0 Å². The number of rotatable bonds is 8. The molecule has 0 rings (SSSR count). The Morgan fingerprint density at radius 1 is 1.06 bits per heavy atom. The first-order chi connectivity index (χ1) is 7.67. The van der Waals surface area contributed by atoms with E-state index < -0.39 is 17.9 Å². The Morgan fingerprint density at radius 2 is 1.56 bits per heavy atom. The van der Waals surface area contributed by atoms with E-state index in [1.54, 1.807) is 13.8 Å². The molecule has 0 radical (unpaired) electrons. The number of hydrogen-bond donors (Lipinski definition) is 0. The summed E-state index contributed by atoms with van der Waals surface area (Å²) < 4.78 is 9.70. The molecule has 0 atom stereocenters. The van der Waals surface area contributed by atoms with Gasteiger partial charge in [0.05, 0.1) is 13.2 Å². The average Bonchev–Trinajstić information content (AvgIpc) is 2.25. The maximum absolute atomic E-state index is 11.5. The lowest BCUT2D eigenvalue weighted by Crippen LogP contribution is -2.28. The monoisotopic (exact) mass is 294 g/mol. The highest BCUT2D eigenvalue weighted by molar-refractivity contribution is 9.09. The fourth-order valence-corrected chi connectivity index (χ4v) is 1.66. The van der Waals surface area contributed by atoms with Crippen LogP contribution in [0.15, 0.2) is 0 Å². The Kier molecular flexibility index (Phi) is 9.28. The van der Waals surface area contributed by atoms with Crippen molar-refractivity contribution in [3.8, 4) is 0 Å². The van der Waals surface area contributed by atoms with Gasteiger partial charge in [0.2, 0.25) is 0 Å². The zero-order valence-electron chi connectivity index (χ0n) is 9.83. The van der Waals surface area contributed by atoms with Crippen LogP contribution in [0.1, 0.15) is 33.1 Å². The van der Waals surface area contributed by atoms with Crippen molar-refractivity contribution in [3.63, 3.8) is 0 Å². The molecule has 5 heteroatoms. The van der Waals surface area contributed by atoms with E-state index >= 15 is 0 Å². The van der Waals surface area contributed by atoms with Crippen molar-refractivity contribution in [2.24, 2.45) is 5.92 Å². The van der Waals surface area contributed by atoms with Gasteiger partial charge >= 0.3 is 11.9 Å². The summed E-state index contributed by atoms with van der Waals surface area (Å²) >= 11 is 3.30. The third-order valence-corrected chi connectivity index (χ3v) is 2.58. The van der Waals surface area contributed by atoms with E-state index in [1.165, 1.54) is 0 Å². The van der Waals surface area contributed by atoms with Crippen molar-refractivity contribution in [3.05, 3.63) is 0 Å². The van der Waals surface area contributed by atoms with Crippen LogP contribution in [0.3, 0.4) is 0 Å². The van der Waals surface area contributed by atoms with Gasteiger partial charge in [-0.25, -0.2) is 0 Å². The highest BCUT2D eigenvalue weighted by Gasteiger charge is 2.28. The Labute approximate surface area is 105 Å². The molecule has 0 unspecified atom stereocenters. The fraction of sp³-hybridized carbons (Fsp3) is 0.818. The number of unbranched alkanes of at least 4 members (excludes halogenated alkanes) is 1. The summed E-state index contributed by atoms with van der Waals surface area (Å²) in [5, 5.41) is 0.866. The number of carbonyl (C=O) groups is 2. The highest BCUT2D eigenvalue weighted by Crippen LogP contribution is 2.13. The summed E-state index contributed by atoms with van der Waals surface area (Å²) in [6.45, 7) is 4.01. The van der Waals surface area contributed by atoms with E-state index in [9.17, 15) is 9.59 Å². The topological polar surface area (TPSA) is 52.6 Å². The Morgan fingerprint density at radius 3 is 1.94 bits per heavy atom. The zero-order chi connectivity index (χ0) is 12.4. The standard InChI is InChI=1S/C11H19BrO4/c1-3-15-10(13)9(7-5-6-8-12)11(14)16-4-2/h9H,3-8H2,1-2H3. The Balaban J connectivity index is 4.25. The Bertz CT molecular complexity index is 200. The fourth-order valence-electron chi connectivity index (χ4n) is 1.26. The van der Waals surface area contributed by atoms with Crippen LogP contribution in [-0.4, -0.2) is 30.5 Å². The first kappa shape index (κ1) is 15.4. The molecular formula is C11H19BrO4. The van der Waals surface area contributed by atoms with Crippen molar-refractivity contribution < 1.29 is 19.1 Å². The van der Waals surface area contributed by atoms with Crippen molar-refractivity contribution in [1.82, 2.24) is 0 Å². The Hall–Kier alpha value is -0.580. The van der Waals surface area contributed by atoms with Crippen LogP contribution in [0, 0.1) is 5.92 Å². The molecule has 0 aliphatic carbocycles. The minimum absolute atomic E-state index is 0.285. The average molecular weight is 295 g/mol. The molecule has 16 heavy (non-hydrogen) atoms. The van der Waals surface area contributed by atoms with Gasteiger partial charge in [0, 0.05) is 5.33 Å². The van der Waals surface area contributed by atoms with Crippen LogP contribution in [0.4, 0.5) is 0 Å². The molecule has 0 bridgehead atoms. The molecule has 0 aromatic carbocycles. The maximum atomic E-state index is 11.5. The number of ether oxygens (including phenoxy) is 2. The van der Waals surface area contributed by atoms with Crippen LogP contribution >= 0.6 is 15.9 Å². The molecule has 0 N–H and O–H groups in total. The molecule has 0 aliphatic rings. The minimum atomic E-state index is -0.765. The van der Waals surface area contributed by atoms with Crippen LogP contribution in [0.2, 0.25) is 0 Å². The molecule has 0 fully saturated rings.